The van der Waals surface area contributed by atoms with Crippen molar-refractivity contribution < 1.29 is 27.5 Å². The SMILES string of the molecule is NS(=O)(=O)c1cccc(NC(=O)COC(=O)CNC(=O)C2CCCCC2)c1. The van der Waals surface area contributed by atoms with Crippen LogP contribution in [0.5, 0.6) is 0 Å². The second-order valence-electron chi connectivity index (χ2n) is 6.33. The Hall–Kier alpha value is -2.46. The highest BCUT2D eigenvalue weighted by molar-refractivity contribution is 7.89. The molecule has 0 saturated heterocycles. The number of nitrogens with two attached hydrogens (primary N) is 1. The van der Waals surface area contributed by atoms with Crippen LogP contribution in [0.15, 0.2) is 29.2 Å². The molecular formula is C17H23N3O6S. The van der Waals surface area contributed by atoms with E-state index in [-0.39, 0.29) is 29.0 Å². The van der Waals surface area contributed by atoms with E-state index in [2.05, 4.69) is 10.6 Å². The molecule has 0 heterocycles. The molecule has 0 atom stereocenters. The van der Waals surface area contributed by atoms with Gasteiger partial charge in [-0.2, -0.15) is 0 Å². The fourth-order valence-corrected chi connectivity index (χ4v) is 3.37. The van der Waals surface area contributed by atoms with Gasteiger partial charge < -0.3 is 15.4 Å². The van der Waals surface area contributed by atoms with Gasteiger partial charge in [0.25, 0.3) is 5.91 Å². The maximum absolute atomic E-state index is 11.9. The van der Waals surface area contributed by atoms with Crippen LogP contribution in [0.3, 0.4) is 0 Å². The third-order valence-corrected chi connectivity index (χ3v) is 5.10. The summed E-state index contributed by atoms with van der Waals surface area (Å²) in [5, 5.41) is 9.95. The molecule has 0 radical (unpaired) electrons. The molecule has 9 nitrogen and oxygen atoms in total. The maximum Gasteiger partial charge on any atom is 0.325 e. The highest BCUT2D eigenvalue weighted by Gasteiger charge is 2.21. The molecule has 0 aromatic heterocycles. The molecule has 1 aromatic carbocycles. The van der Waals surface area contributed by atoms with Gasteiger partial charge in [0.1, 0.15) is 6.54 Å². The van der Waals surface area contributed by atoms with Crippen molar-refractivity contribution in [2.24, 2.45) is 11.1 Å². The summed E-state index contributed by atoms with van der Waals surface area (Å²) in [6.45, 7) is -0.860. The van der Waals surface area contributed by atoms with Gasteiger partial charge in [0.15, 0.2) is 6.61 Å². The summed E-state index contributed by atoms with van der Waals surface area (Å²) in [7, 11) is -3.89. The second-order valence-corrected chi connectivity index (χ2v) is 7.90. The van der Waals surface area contributed by atoms with Gasteiger partial charge in [-0.25, -0.2) is 13.6 Å². The summed E-state index contributed by atoms with van der Waals surface area (Å²) in [6, 6.07) is 5.38. The monoisotopic (exact) mass is 397 g/mol. The van der Waals surface area contributed by atoms with Crippen LogP contribution in [0.1, 0.15) is 32.1 Å². The first kappa shape index (κ1) is 20.8. The minimum atomic E-state index is -3.89. The van der Waals surface area contributed by atoms with Gasteiger partial charge in [0.2, 0.25) is 15.9 Å². The predicted octanol–water partition coefficient (Wildman–Crippen LogP) is 0.512. The summed E-state index contributed by atoms with van der Waals surface area (Å²) < 4.78 is 27.4. The lowest BCUT2D eigenvalue weighted by Crippen LogP contribution is -2.36. The van der Waals surface area contributed by atoms with Gasteiger partial charge in [-0.3, -0.25) is 14.4 Å². The zero-order valence-corrected chi connectivity index (χ0v) is 15.6. The van der Waals surface area contributed by atoms with Crippen molar-refractivity contribution in [2.75, 3.05) is 18.5 Å². The first-order valence-corrected chi connectivity index (χ1v) is 10.2. The summed E-state index contributed by atoms with van der Waals surface area (Å²) in [6.07, 6.45) is 4.79. The van der Waals surface area contributed by atoms with Crippen LogP contribution in [0.25, 0.3) is 0 Å². The van der Waals surface area contributed by atoms with Crippen molar-refractivity contribution in [1.29, 1.82) is 0 Å². The Morgan fingerprint density at radius 1 is 1.15 bits per heavy atom. The number of benzene rings is 1. The smallest absolute Gasteiger partial charge is 0.325 e. The number of primary sulfonamides is 1. The fourth-order valence-electron chi connectivity index (χ4n) is 2.81. The zero-order chi connectivity index (χ0) is 19.9. The summed E-state index contributed by atoms with van der Waals surface area (Å²) in [4.78, 5) is 35.3. The molecule has 2 amide bonds. The lowest BCUT2D eigenvalue weighted by atomic mass is 9.89. The lowest BCUT2D eigenvalue weighted by Gasteiger charge is -2.20. The van der Waals surface area contributed by atoms with Crippen molar-refractivity contribution in [2.45, 2.75) is 37.0 Å². The van der Waals surface area contributed by atoms with Crippen LogP contribution in [-0.2, 0) is 29.1 Å². The Morgan fingerprint density at radius 3 is 2.52 bits per heavy atom. The molecule has 1 aromatic rings. The normalized spacial score (nSPS) is 15.0. The third kappa shape index (κ3) is 6.99. The summed E-state index contributed by atoms with van der Waals surface area (Å²) >= 11 is 0. The minimum Gasteiger partial charge on any atom is -0.454 e. The largest absolute Gasteiger partial charge is 0.454 e. The number of rotatable bonds is 7. The van der Waals surface area contributed by atoms with Crippen LogP contribution < -0.4 is 15.8 Å². The van der Waals surface area contributed by atoms with E-state index in [4.69, 9.17) is 9.88 Å². The quantitative estimate of drug-likeness (QED) is 0.572. The standard InChI is InChI=1S/C17H23N3O6S/c18-27(24,25)14-8-4-7-13(9-14)20-15(21)11-26-16(22)10-19-17(23)12-5-2-1-3-6-12/h4,7-9,12H,1-3,5-6,10-11H2,(H,19,23)(H,20,21)(H2,18,24,25). The molecule has 0 bridgehead atoms. The molecule has 0 unspecified atom stereocenters. The van der Waals surface area contributed by atoms with Crippen molar-refractivity contribution in [1.82, 2.24) is 5.32 Å². The van der Waals surface area contributed by atoms with Crippen molar-refractivity contribution >= 4 is 33.5 Å². The lowest BCUT2D eigenvalue weighted by molar-refractivity contribution is -0.147. The van der Waals surface area contributed by atoms with E-state index in [1.807, 2.05) is 0 Å². The Balaban J connectivity index is 1.73. The molecule has 4 N–H and O–H groups in total. The molecule has 1 aliphatic carbocycles. The molecule has 10 heteroatoms. The number of carbonyl (C=O) groups is 3. The van der Waals surface area contributed by atoms with Gasteiger partial charge in [-0.15, -0.1) is 0 Å². The summed E-state index contributed by atoms with van der Waals surface area (Å²) in [5.41, 5.74) is 0.202. The van der Waals surface area contributed by atoms with Crippen LogP contribution in [-0.4, -0.2) is 39.4 Å². The maximum atomic E-state index is 11.9. The van der Waals surface area contributed by atoms with Crippen LogP contribution in [0.2, 0.25) is 0 Å². The summed E-state index contributed by atoms with van der Waals surface area (Å²) in [5.74, 6) is -1.61. The number of amides is 2. The Kier molecular flexibility index (Phi) is 7.31. The Labute approximate surface area is 157 Å². The molecule has 1 aliphatic rings. The predicted molar refractivity (Wildman–Crippen MR) is 97.0 cm³/mol. The van der Waals surface area contributed by atoms with E-state index in [0.717, 1.165) is 32.1 Å². The highest BCUT2D eigenvalue weighted by atomic mass is 32.2. The molecule has 1 saturated carbocycles. The molecule has 0 spiro atoms. The van der Waals surface area contributed by atoms with Crippen molar-refractivity contribution in [3.05, 3.63) is 24.3 Å². The second kappa shape index (κ2) is 9.47. The topological polar surface area (TPSA) is 145 Å². The Morgan fingerprint density at radius 2 is 1.85 bits per heavy atom. The van der Waals surface area contributed by atoms with E-state index < -0.39 is 28.5 Å². The fraction of sp³-hybridized carbons (Fsp3) is 0.471. The van der Waals surface area contributed by atoms with Crippen LogP contribution >= 0.6 is 0 Å². The van der Waals surface area contributed by atoms with E-state index in [1.54, 1.807) is 0 Å². The first-order valence-electron chi connectivity index (χ1n) is 8.62. The molecule has 148 valence electrons. The van der Waals surface area contributed by atoms with Crippen LogP contribution in [0.4, 0.5) is 5.69 Å². The number of esters is 1. The van der Waals surface area contributed by atoms with Gasteiger partial charge in [0, 0.05) is 11.6 Å². The zero-order valence-electron chi connectivity index (χ0n) is 14.8. The van der Waals surface area contributed by atoms with Gasteiger partial charge in [-0.1, -0.05) is 25.3 Å². The number of carbonyl (C=O) groups excluding carboxylic acids is 3. The molecule has 27 heavy (non-hydrogen) atoms. The first-order chi connectivity index (χ1) is 12.8. The van der Waals surface area contributed by atoms with Crippen molar-refractivity contribution in [3.8, 4) is 0 Å². The molecule has 2 rings (SSSR count). The minimum absolute atomic E-state index is 0.0686. The Bertz CT molecular complexity index is 803. The third-order valence-electron chi connectivity index (χ3n) is 4.19. The molecular weight excluding hydrogens is 374 g/mol. The van der Waals surface area contributed by atoms with Crippen molar-refractivity contribution in [3.63, 3.8) is 0 Å². The number of anilines is 1. The number of nitrogens with one attached hydrogen (secondary N) is 2. The van der Waals surface area contributed by atoms with Gasteiger partial charge >= 0.3 is 5.97 Å². The highest BCUT2D eigenvalue weighted by Crippen LogP contribution is 2.23. The number of hydrogen-bond donors (Lipinski definition) is 3. The van der Waals surface area contributed by atoms with E-state index in [1.165, 1.54) is 24.3 Å². The van der Waals surface area contributed by atoms with E-state index in [9.17, 15) is 22.8 Å². The van der Waals surface area contributed by atoms with Crippen LogP contribution in [0, 0.1) is 5.92 Å². The van der Waals surface area contributed by atoms with E-state index in [0.29, 0.717) is 0 Å². The number of ether oxygens (including phenoxy) is 1. The average Bonchev–Trinajstić information content (AvgIpc) is 2.64. The number of hydrogen-bond acceptors (Lipinski definition) is 6. The number of sulfonamides is 1. The van der Waals surface area contributed by atoms with Gasteiger partial charge in [0.05, 0.1) is 4.90 Å². The molecule has 0 aliphatic heterocycles. The van der Waals surface area contributed by atoms with E-state index >= 15 is 0 Å². The molecule has 1 fully saturated rings. The average molecular weight is 397 g/mol. The van der Waals surface area contributed by atoms with Gasteiger partial charge in [-0.05, 0) is 31.0 Å².